The van der Waals surface area contributed by atoms with Crippen molar-refractivity contribution in [2.45, 2.75) is 84.0 Å². The van der Waals surface area contributed by atoms with Gasteiger partial charge in [0.2, 0.25) is 0 Å². The number of hydrogen-bond acceptors (Lipinski definition) is 5. The molecule has 6 nitrogen and oxygen atoms in total. The van der Waals surface area contributed by atoms with E-state index < -0.39 is 12.7 Å². The molecule has 4 rings (SSSR count). The first-order valence-electron chi connectivity index (χ1n) is 11.8. The fourth-order valence-electron chi connectivity index (χ4n) is 4.89. The highest BCUT2D eigenvalue weighted by atomic mass is 16.6. The van der Waals surface area contributed by atoms with Gasteiger partial charge in [0.25, 0.3) is 0 Å². The largest absolute Gasteiger partial charge is 0.488 e. The number of aryl methyl sites for hydroxylation is 2. The number of piperidine rings is 1. The maximum absolute atomic E-state index is 12.0. The first kappa shape index (κ1) is 25.1. The number of nitrogens with zero attached hydrogens (tertiary/aromatic N) is 1. The fraction of sp³-hybridized carbons (Fsp3) is 0.500. The van der Waals surface area contributed by atoms with Crippen molar-refractivity contribution in [3.05, 3.63) is 59.7 Å². The van der Waals surface area contributed by atoms with E-state index in [0.717, 1.165) is 18.4 Å². The highest BCUT2D eigenvalue weighted by molar-refractivity contribution is 6.59. The second-order valence-corrected chi connectivity index (χ2v) is 10.1. The molecule has 1 amide bonds. The van der Waals surface area contributed by atoms with Crippen molar-refractivity contribution in [3.8, 4) is 0 Å². The van der Waals surface area contributed by atoms with Gasteiger partial charge in [-0.1, -0.05) is 48.0 Å². The molecule has 2 unspecified atom stereocenters. The molecule has 2 saturated heterocycles. The average Bonchev–Trinajstić information content (AvgIpc) is 2.97. The van der Waals surface area contributed by atoms with Gasteiger partial charge in [0, 0.05) is 23.8 Å². The molecule has 2 aliphatic rings. The monoisotopic (exact) mass is 452 g/mol. The van der Waals surface area contributed by atoms with Crippen LogP contribution in [0.3, 0.4) is 0 Å². The van der Waals surface area contributed by atoms with Crippen molar-refractivity contribution < 1.29 is 19.6 Å². The lowest BCUT2D eigenvalue weighted by Crippen LogP contribution is -2.51. The number of rotatable bonds is 3. The molecule has 0 radical (unpaired) electrons. The Morgan fingerprint density at radius 1 is 0.970 bits per heavy atom. The molecule has 0 saturated carbocycles. The van der Waals surface area contributed by atoms with Gasteiger partial charge in [-0.2, -0.15) is 0 Å². The van der Waals surface area contributed by atoms with Crippen LogP contribution in [-0.4, -0.2) is 47.0 Å². The normalized spacial score (nSPS) is 21.7. The minimum Gasteiger partial charge on any atom is -0.444 e. The zero-order valence-corrected chi connectivity index (χ0v) is 20.4. The molecule has 2 aromatic carbocycles. The van der Waals surface area contributed by atoms with Crippen molar-refractivity contribution >= 4 is 24.4 Å². The molecule has 3 N–H and O–H groups in total. The molecule has 178 valence electrons. The summed E-state index contributed by atoms with van der Waals surface area (Å²) in [6.07, 6.45) is 4.15. The van der Waals surface area contributed by atoms with Crippen molar-refractivity contribution in [2.75, 3.05) is 4.90 Å². The number of anilines is 1. The van der Waals surface area contributed by atoms with E-state index in [1.165, 1.54) is 24.1 Å². The smallest absolute Gasteiger partial charge is 0.444 e. The van der Waals surface area contributed by atoms with Crippen LogP contribution in [0.2, 0.25) is 0 Å². The van der Waals surface area contributed by atoms with E-state index >= 15 is 0 Å². The van der Waals surface area contributed by atoms with Gasteiger partial charge in [-0.3, -0.25) is 0 Å². The van der Waals surface area contributed by atoms with E-state index in [4.69, 9.17) is 14.8 Å². The molecule has 2 bridgehead atoms. The van der Waals surface area contributed by atoms with E-state index in [1.807, 2.05) is 39.8 Å². The zero-order valence-electron chi connectivity index (χ0n) is 20.4. The standard InChI is InChI=1S/C19H28N2O2.C7H9BO2/c1-13-7-5-6-8-17(13)21-15-9-10-16(21)12-14(11-15)20-18(22)23-19(2,3)4;1-6-4-2-3-5-7(6)8(9)10/h5-8,14-16H,9-12H2,1-4H3,(H,20,22);2-5,9-10H,1H3. The summed E-state index contributed by atoms with van der Waals surface area (Å²) < 4.78 is 5.40. The van der Waals surface area contributed by atoms with Crippen LogP contribution in [0, 0.1) is 13.8 Å². The van der Waals surface area contributed by atoms with E-state index in [0.29, 0.717) is 17.5 Å². The number of amides is 1. The SMILES string of the molecule is Cc1ccccc1B(O)O.Cc1ccccc1N1C2CCC1CC(NC(=O)OC(C)(C)C)C2. The highest BCUT2D eigenvalue weighted by Crippen LogP contribution is 2.40. The molecule has 2 atom stereocenters. The van der Waals surface area contributed by atoms with Gasteiger partial charge >= 0.3 is 13.2 Å². The molecule has 33 heavy (non-hydrogen) atoms. The number of nitrogens with one attached hydrogen (secondary N) is 1. The van der Waals surface area contributed by atoms with E-state index in [1.54, 1.807) is 12.1 Å². The van der Waals surface area contributed by atoms with Gasteiger partial charge in [0.05, 0.1) is 0 Å². The fourth-order valence-corrected chi connectivity index (χ4v) is 4.89. The molecular formula is C26H37BN2O4. The van der Waals surface area contributed by atoms with Gasteiger partial charge in [0.15, 0.2) is 0 Å². The number of fused-ring (bicyclic) bond motifs is 2. The Balaban J connectivity index is 0.000000257. The van der Waals surface area contributed by atoms with Gasteiger partial charge in [0.1, 0.15) is 5.60 Å². The van der Waals surface area contributed by atoms with Crippen molar-refractivity contribution in [1.82, 2.24) is 5.32 Å². The molecule has 2 heterocycles. The van der Waals surface area contributed by atoms with Crippen LogP contribution in [0.1, 0.15) is 57.6 Å². The number of benzene rings is 2. The summed E-state index contributed by atoms with van der Waals surface area (Å²) >= 11 is 0. The lowest BCUT2D eigenvalue weighted by Gasteiger charge is -2.41. The van der Waals surface area contributed by atoms with Crippen molar-refractivity contribution in [1.29, 1.82) is 0 Å². The lowest BCUT2D eigenvalue weighted by atomic mass is 9.77. The van der Waals surface area contributed by atoms with Crippen LogP contribution < -0.4 is 15.7 Å². The quantitative estimate of drug-likeness (QED) is 0.619. The number of alkyl carbamates (subject to hydrolysis) is 1. The first-order valence-corrected chi connectivity index (χ1v) is 11.8. The van der Waals surface area contributed by atoms with E-state index in [-0.39, 0.29) is 12.1 Å². The Morgan fingerprint density at radius 2 is 1.52 bits per heavy atom. The molecule has 0 aliphatic carbocycles. The van der Waals surface area contributed by atoms with Crippen LogP contribution in [0.5, 0.6) is 0 Å². The van der Waals surface area contributed by atoms with Crippen LogP contribution in [0.15, 0.2) is 48.5 Å². The second kappa shape index (κ2) is 10.6. The predicted molar refractivity (Wildman–Crippen MR) is 134 cm³/mol. The summed E-state index contributed by atoms with van der Waals surface area (Å²) in [5.74, 6) is 0. The summed E-state index contributed by atoms with van der Waals surface area (Å²) in [4.78, 5) is 14.6. The third-order valence-corrected chi connectivity index (χ3v) is 6.31. The van der Waals surface area contributed by atoms with E-state index in [9.17, 15) is 4.79 Å². The molecule has 2 aliphatic heterocycles. The molecule has 0 aromatic heterocycles. The van der Waals surface area contributed by atoms with Crippen LogP contribution >= 0.6 is 0 Å². The maximum atomic E-state index is 12.0. The van der Waals surface area contributed by atoms with Crippen molar-refractivity contribution in [3.63, 3.8) is 0 Å². The Hall–Kier alpha value is -2.51. The Bertz CT molecular complexity index is 930. The number of carbonyl (C=O) groups excluding carboxylic acids is 1. The summed E-state index contributed by atoms with van der Waals surface area (Å²) in [6.45, 7) is 9.72. The molecule has 7 heteroatoms. The Labute approximate surface area is 198 Å². The highest BCUT2D eigenvalue weighted by Gasteiger charge is 2.41. The second-order valence-electron chi connectivity index (χ2n) is 10.1. The third kappa shape index (κ3) is 6.75. The van der Waals surface area contributed by atoms with Crippen molar-refractivity contribution in [2.24, 2.45) is 0 Å². The number of carbonyl (C=O) groups is 1. The molecule has 2 aromatic rings. The van der Waals surface area contributed by atoms with E-state index in [2.05, 4.69) is 41.4 Å². The zero-order chi connectivity index (χ0) is 24.2. The van der Waals surface area contributed by atoms with Crippen LogP contribution in [0.4, 0.5) is 10.5 Å². The average molecular weight is 452 g/mol. The van der Waals surface area contributed by atoms with Gasteiger partial charge in [-0.05, 0) is 77.4 Å². The molecular weight excluding hydrogens is 415 g/mol. The molecule has 2 fully saturated rings. The summed E-state index contributed by atoms with van der Waals surface area (Å²) in [7, 11) is -1.35. The minimum atomic E-state index is -1.35. The topological polar surface area (TPSA) is 82.0 Å². The lowest BCUT2D eigenvalue weighted by molar-refractivity contribution is 0.0492. The van der Waals surface area contributed by atoms with Gasteiger partial charge < -0.3 is 25.0 Å². The maximum Gasteiger partial charge on any atom is 0.488 e. The Kier molecular flexibility index (Phi) is 8.08. The van der Waals surface area contributed by atoms with Gasteiger partial charge in [-0.15, -0.1) is 0 Å². The number of ether oxygens (including phenoxy) is 1. The predicted octanol–water partition coefficient (Wildman–Crippen LogP) is 3.69. The summed E-state index contributed by atoms with van der Waals surface area (Å²) in [5.41, 5.74) is 3.73. The minimum absolute atomic E-state index is 0.225. The van der Waals surface area contributed by atoms with Crippen LogP contribution in [-0.2, 0) is 4.74 Å². The van der Waals surface area contributed by atoms with Crippen LogP contribution in [0.25, 0.3) is 0 Å². The first-order chi connectivity index (χ1) is 15.5. The Morgan fingerprint density at radius 3 is 2.00 bits per heavy atom. The summed E-state index contributed by atoms with van der Waals surface area (Å²) in [5, 5.41) is 20.6. The third-order valence-electron chi connectivity index (χ3n) is 6.31. The number of para-hydroxylation sites is 1. The molecule has 0 spiro atoms. The number of hydrogen-bond donors (Lipinski definition) is 3. The summed E-state index contributed by atoms with van der Waals surface area (Å²) in [6, 6.07) is 17.1. The van der Waals surface area contributed by atoms with Gasteiger partial charge in [-0.25, -0.2) is 4.79 Å².